The van der Waals surface area contributed by atoms with Crippen LogP contribution in [0.2, 0.25) is 0 Å². The van der Waals surface area contributed by atoms with Crippen LogP contribution in [0.15, 0.2) is 0 Å². The second kappa shape index (κ2) is 3.13. The van der Waals surface area contributed by atoms with E-state index in [1.165, 1.54) is 0 Å². The van der Waals surface area contributed by atoms with E-state index < -0.39 is 14.6 Å². The Morgan fingerprint density at radius 1 is 1.62 bits per heavy atom. The van der Waals surface area contributed by atoms with Gasteiger partial charge in [-0.3, -0.25) is 9.36 Å². The average Bonchev–Trinajstić information content (AvgIpc) is 1.59. The molecule has 0 amide bonds. The summed E-state index contributed by atoms with van der Waals surface area (Å²) < 4.78 is 13.4. The van der Waals surface area contributed by atoms with E-state index in [9.17, 15) is 4.57 Å². The Labute approximate surface area is 45.4 Å². The Balaban J connectivity index is 3.26. The molecule has 0 atom stereocenters. The molecule has 4 N–H and O–H groups in total. The second-order valence-corrected chi connectivity index (χ2v) is 2.14. The van der Waals surface area contributed by atoms with Gasteiger partial charge in [0.2, 0.25) is 0 Å². The Kier molecular flexibility index (Phi) is 3.15. The van der Waals surface area contributed by atoms with Crippen LogP contribution in [0.3, 0.4) is 0 Å². The minimum absolute atomic E-state index is 0.607. The van der Waals surface area contributed by atoms with Crippen LogP contribution < -0.4 is 5.90 Å². The highest BCUT2D eigenvalue weighted by atomic mass is 31.2. The molecule has 0 aliphatic rings. The zero-order valence-corrected chi connectivity index (χ0v) is 4.75. The first-order valence-corrected chi connectivity index (χ1v) is 3.11. The lowest BCUT2D eigenvalue weighted by atomic mass is 11.5. The van der Waals surface area contributed by atoms with Crippen molar-refractivity contribution in [2.75, 3.05) is 6.79 Å². The van der Waals surface area contributed by atoms with Crippen molar-refractivity contribution in [2.24, 2.45) is 5.90 Å². The van der Waals surface area contributed by atoms with Crippen LogP contribution in [0.4, 0.5) is 0 Å². The fourth-order valence-corrected chi connectivity index (χ4v) is 0.297. The molecule has 0 bridgehead atoms. The van der Waals surface area contributed by atoms with E-state index in [-0.39, 0.29) is 0 Å². The maximum atomic E-state index is 9.73. The van der Waals surface area contributed by atoms with E-state index in [1.54, 1.807) is 0 Å². The second-order valence-electron chi connectivity index (χ2n) is 0.904. The Bertz CT molecular complexity index is 96.6. The summed E-state index contributed by atoms with van der Waals surface area (Å²) in [4.78, 5) is 19.5. The molecule has 0 aliphatic carbocycles. The van der Waals surface area contributed by atoms with Gasteiger partial charge in [0.15, 0.2) is 6.79 Å². The summed E-state index contributed by atoms with van der Waals surface area (Å²) in [5.74, 6) is 4.37. The highest BCUT2D eigenvalue weighted by Gasteiger charge is 2.12. The topological polar surface area (TPSA) is 102 Å². The SMILES string of the molecule is NOCOP(=O)(O)O. The van der Waals surface area contributed by atoms with E-state index >= 15 is 0 Å². The van der Waals surface area contributed by atoms with Gasteiger partial charge in [-0.05, 0) is 0 Å². The Hall–Kier alpha value is 0.0300. The molecule has 0 aromatic carbocycles. The van der Waals surface area contributed by atoms with Crippen molar-refractivity contribution in [2.45, 2.75) is 0 Å². The predicted molar refractivity (Wildman–Crippen MR) is 23.3 cm³/mol. The number of nitrogens with two attached hydrogens (primary N) is 1. The molecule has 0 saturated heterocycles. The lowest BCUT2D eigenvalue weighted by Crippen LogP contribution is -2.02. The third-order valence-corrected chi connectivity index (χ3v) is 0.731. The first-order valence-electron chi connectivity index (χ1n) is 1.58. The molecule has 0 fully saturated rings. The lowest BCUT2D eigenvalue weighted by Gasteiger charge is -2.00. The number of hydrogen-bond acceptors (Lipinski definition) is 4. The first-order chi connectivity index (χ1) is 3.56. The molecule has 50 valence electrons. The zero-order chi connectivity index (χ0) is 6.62. The lowest BCUT2D eigenvalue weighted by molar-refractivity contribution is -0.00276. The molecular weight excluding hydrogens is 137 g/mol. The standard InChI is InChI=1S/CH6NO5P/c2-6-1-7-8(3,4)5/h1-2H2,(H2,3,4,5). The van der Waals surface area contributed by atoms with Gasteiger partial charge in [-0.25, -0.2) is 10.5 Å². The molecular formula is CH6NO5P. The van der Waals surface area contributed by atoms with Gasteiger partial charge >= 0.3 is 7.82 Å². The molecule has 0 radical (unpaired) electrons. The average molecular weight is 143 g/mol. The minimum Gasteiger partial charge on any atom is -0.303 e. The molecule has 0 unspecified atom stereocenters. The molecule has 0 rings (SSSR count). The summed E-state index contributed by atoms with van der Waals surface area (Å²) in [5.41, 5.74) is 0. The van der Waals surface area contributed by atoms with Gasteiger partial charge in [-0.15, -0.1) is 0 Å². The zero-order valence-electron chi connectivity index (χ0n) is 3.85. The molecule has 7 heteroatoms. The van der Waals surface area contributed by atoms with Crippen molar-refractivity contribution >= 4 is 7.82 Å². The van der Waals surface area contributed by atoms with Crippen LogP contribution in [-0.4, -0.2) is 16.6 Å². The molecule has 0 heterocycles. The van der Waals surface area contributed by atoms with Crippen LogP contribution in [0.1, 0.15) is 0 Å². The number of rotatable bonds is 3. The molecule has 0 aromatic heterocycles. The smallest absolute Gasteiger partial charge is 0.303 e. The fraction of sp³-hybridized carbons (Fsp3) is 1.00. The Morgan fingerprint density at radius 3 is 2.25 bits per heavy atom. The molecule has 8 heavy (non-hydrogen) atoms. The number of phosphoric ester groups is 1. The summed E-state index contributed by atoms with van der Waals surface area (Å²) in [6, 6.07) is 0. The summed E-state index contributed by atoms with van der Waals surface area (Å²) >= 11 is 0. The summed E-state index contributed by atoms with van der Waals surface area (Å²) in [6.07, 6.45) is 0. The molecule has 6 nitrogen and oxygen atoms in total. The predicted octanol–water partition coefficient (Wildman–Crippen LogP) is -1.06. The van der Waals surface area contributed by atoms with E-state index in [1.807, 2.05) is 0 Å². The van der Waals surface area contributed by atoms with Crippen molar-refractivity contribution in [3.63, 3.8) is 0 Å². The van der Waals surface area contributed by atoms with E-state index in [2.05, 4.69) is 15.3 Å². The van der Waals surface area contributed by atoms with Crippen LogP contribution in [0.25, 0.3) is 0 Å². The van der Waals surface area contributed by atoms with Gasteiger partial charge in [0.05, 0.1) is 0 Å². The van der Waals surface area contributed by atoms with Crippen molar-refractivity contribution in [3.8, 4) is 0 Å². The maximum Gasteiger partial charge on any atom is 0.471 e. The first kappa shape index (κ1) is 8.03. The van der Waals surface area contributed by atoms with E-state index in [0.717, 1.165) is 0 Å². The van der Waals surface area contributed by atoms with Crippen LogP contribution in [0, 0.1) is 0 Å². The normalized spacial score (nSPS) is 11.9. The number of hydrogen-bond donors (Lipinski definition) is 3. The Morgan fingerprint density at radius 2 is 2.12 bits per heavy atom. The van der Waals surface area contributed by atoms with Crippen molar-refractivity contribution in [3.05, 3.63) is 0 Å². The van der Waals surface area contributed by atoms with Crippen molar-refractivity contribution in [1.82, 2.24) is 0 Å². The van der Waals surface area contributed by atoms with Crippen LogP contribution in [0.5, 0.6) is 0 Å². The van der Waals surface area contributed by atoms with Gasteiger partial charge in [-0.1, -0.05) is 0 Å². The van der Waals surface area contributed by atoms with Gasteiger partial charge in [0.25, 0.3) is 0 Å². The van der Waals surface area contributed by atoms with E-state index in [0.29, 0.717) is 0 Å². The fourth-order valence-electron chi connectivity index (χ4n) is 0.0991. The van der Waals surface area contributed by atoms with Crippen LogP contribution in [-0.2, 0) is 13.9 Å². The highest BCUT2D eigenvalue weighted by Crippen LogP contribution is 2.34. The number of phosphoric acid groups is 1. The molecule has 0 spiro atoms. The molecule has 0 saturated carbocycles. The third kappa shape index (κ3) is 6.03. The molecule has 0 aliphatic heterocycles. The maximum absolute atomic E-state index is 9.73. The summed E-state index contributed by atoms with van der Waals surface area (Å²) in [6.45, 7) is -0.607. The van der Waals surface area contributed by atoms with Crippen LogP contribution >= 0.6 is 7.82 Å². The quantitative estimate of drug-likeness (QED) is 0.264. The van der Waals surface area contributed by atoms with Gasteiger partial charge in [0.1, 0.15) is 0 Å². The summed E-state index contributed by atoms with van der Waals surface area (Å²) in [5, 5.41) is 0. The largest absolute Gasteiger partial charge is 0.471 e. The van der Waals surface area contributed by atoms with Crippen molar-refractivity contribution < 1.29 is 23.7 Å². The van der Waals surface area contributed by atoms with Gasteiger partial charge < -0.3 is 9.79 Å². The van der Waals surface area contributed by atoms with Crippen molar-refractivity contribution in [1.29, 1.82) is 0 Å². The van der Waals surface area contributed by atoms with Gasteiger partial charge in [-0.2, -0.15) is 0 Å². The highest BCUT2D eigenvalue weighted by molar-refractivity contribution is 7.46. The molecule has 0 aromatic rings. The van der Waals surface area contributed by atoms with E-state index in [4.69, 9.17) is 9.79 Å². The van der Waals surface area contributed by atoms with Gasteiger partial charge in [0, 0.05) is 0 Å². The monoisotopic (exact) mass is 143 g/mol. The minimum atomic E-state index is -4.39. The third-order valence-electron chi connectivity index (χ3n) is 0.289. The summed E-state index contributed by atoms with van der Waals surface area (Å²) in [7, 11) is -4.39.